The third-order valence-corrected chi connectivity index (χ3v) is 4.25. The molecule has 0 saturated carbocycles. The first-order valence-corrected chi connectivity index (χ1v) is 8.23. The molecular weight excluding hydrogens is 244 g/mol. The highest BCUT2D eigenvalue weighted by Crippen LogP contribution is 2.16. The zero-order chi connectivity index (χ0) is 14.4. The monoisotopic (exact) mass is 274 g/mol. The Morgan fingerprint density at radius 2 is 2.00 bits per heavy atom. The maximum atomic E-state index is 3.68. The molecule has 2 heteroatoms. The number of rotatable bonds is 5. The summed E-state index contributed by atoms with van der Waals surface area (Å²) in [4.78, 5) is 2.62. The van der Waals surface area contributed by atoms with E-state index in [9.17, 15) is 0 Å². The maximum Gasteiger partial charge on any atom is 0.0234 e. The van der Waals surface area contributed by atoms with Crippen molar-refractivity contribution >= 4 is 0 Å². The first-order valence-electron chi connectivity index (χ1n) is 8.23. The Morgan fingerprint density at radius 3 is 2.65 bits per heavy atom. The molecule has 2 rings (SSSR count). The molecular formula is C18H30N2. The average molecular weight is 274 g/mol. The Kier molecular flexibility index (Phi) is 6.06. The summed E-state index contributed by atoms with van der Waals surface area (Å²) in [5.74, 6) is 0.625. The molecule has 0 spiro atoms. The Labute approximate surface area is 124 Å². The van der Waals surface area contributed by atoms with Gasteiger partial charge in [-0.25, -0.2) is 0 Å². The highest BCUT2D eigenvalue weighted by atomic mass is 15.2. The van der Waals surface area contributed by atoms with Crippen LogP contribution in [-0.4, -0.2) is 30.6 Å². The lowest BCUT2D eigenvalue weighted by molar-refractivity contribution is 0.255. The van der Waals surface area contributed by atoms with E-state index in [0.717, 1.165) is 6.54 Å². The van der Waals surface area contributed by atoms with Crippen molar-refractivity contribution in [3.63, 3.8) is 0 Å². The Morgan fingerprint density at radius 1 is 1.25 bits per heavy atom. The van der Waals surface area contributed by atoms with Gasteiger partial charge in [0, 0.05) is 19.1 Å². The Hall–Kier alpha value is -0.860. The summed E-state index contributed by atoms with van der Waals surface area (Å²) < 4.78 is 0. The second-order valence-electron chi connectivity index (χ2n) is 6.42. The van der Waals surface area contributed by atoms with E-state index in [0.29, 0.717) is 12.0 Å². The van der Waals surface area contributed by atoms with Crippen molar-refractivity contribution in [2.75, 3.05) is 19.6 Å². The van der Waals surface area contributed by atoms with Crippen LogP contribution in [0.3, 0.4) is 0 Å². The second-order valence-corrected chi connectivity index (χ2v) is 6.42. The normalized spacial score (nSPS) is 21.1. The fraction of sp³-hybridized carbons (Fsp3) is 0.667. The molecule has 1 fully saturated rings. The predicted molar refractivity (Wildman–Crippen MR) is 87.1 cm³/mol. The highest BCUT2D eigenvalue weighted by molar-refractivity contribution is 5.24. The summed E-state index contributed by atoms with van der Waals surface area (Å²) in [5, 5.41) is 3.68. The van der Waals surface area contributed by atoms with Crippen molar-refractivity contribution in [2.45, 2.75) is 58.5 Å². The summed E-state index contributed by atoms with van der Waals surface area (Å²) in [6.45, 7) is 11.5. The zero-order valence-corrected chi connectivity index (χ0v) is 13.4. The lowest BCUT2D eigenvalue weighted by Gasteiger charge is -2.24. The van der Waals surface area contributed by atoms with Gasteiger partial charge >= 0.3 is 0 Å². The topological polar surface area (TPSA) is 15.3 Å². The molecule has 0 aliphatic carbocycles. The average Bonchev–Trinajstić information content (AvgIpc) is 2.65. The molecule has 1 aliphatic heterocycles. The predicted octanol–water partition coefficient (Wildman–Crippen LogP) is 3.77. The highest BCUT2D eigenvalue weighted by Gasteiger charge is 2.16. The van der Waals surface area contributed by atoms with E-state index in [4.69, 9.17) is 0 Å². The van der Waals surface area contributed by atoms with Gasteiger partial charge in [-0.1, -0.05) is 51.5 Å². The van der Waals surface area contributed by atoms with E-state index in [1.54, 1.807) is 0 Å². The van der Waals surface area contributed by atoms with Gasteiger partial charge in [-0.2, -0.15) is 0 Å². The fourth-order valence-corrected chi connectivity index (χ4v) is 3.03. The van der Waals surface area contributed by atoms with Gasteiger partial charge < -0.3 is 5.32 Å². The molecule has 1 atom stereocenters. The van der Waals surface area contributed by atoms with Crippen LogP contribution in [0.4, 0.5) is 0 Å². The molecule has 20 heavy (non-hydrogen) atoms. The van der Waals surface area contributed by atoms with E-state index in [-0.39, 0.29) is 0 Å². The number of benzene rings is 1. The van der Waals surface area contributed by atoms with E-state index in [1.165, 1.54) is 50.0 Å². The molecule has 1 N–H and O–H groups in total. The van der Waals surface area contributed by atoms with Crippen molar-refractivity contribution < 1.29 is 0 Å². The van der Waals surface area contributed by atoms with Crippen LogP contribution in [0.1, 0.15) is 57.1 Å². The molecule has 112 valence electrons. The van der Waals surface area contributed by atoms with E-state index in [1.807, 2.05) is 0 Å². The van der Waals surface area contributed by atoms with E-state index >= 15 is 0 Å². The van der Waals surface area contributed by atoms with Crippen molar-refractivity contribution in [2.24, 2.45) is 0 Å². The molecule has 2 nitrogen and oxygen atoms in total. The maximum absolute atomic E-state index is 3.68. The van der Waals surface area contributed by atoms with Crippen molar-refractivity contribution in [3.8, 4) is 0 Å². The largest absolute Gasteiger partial charge is 0.313 e. The Balaban J connectivity index is 1.93. The number of hydrogen-bond donors (Lipinski definition) is 1. The quantitative estimate of drug-likeness (QED) is 0.879. The molecule has 1 unspecified atom stereocenters. The van der Waals surface area contributed by atoms with Crippen LogP contribution < -0.4 is 5.32 Å². The zero-order valence-electron chi connectivity index (χ0n) is 13.4. The second kappa shape index (κ2) is 7.80. The van der Waals surface area contributed by atoms with E-state index in [2.05, 4.69) is 55.3 Å². The summed E-state index contributed by atoms with van der Waals surface area (Å²) in [5.41, 5.74) is 2.89. The standard InChI is InChI=1S/C18H30N2/c1-4-6-18-14-20(12-5-11-19-18)13-16-7-9-17(10-8-16)15(2)3/h7-10,15,18-19H,4-6,11-14H2,1-3H3. The number of nitrogens with zero attached hydrogens (tertiary/aromatic N) is 1. The van der Waals surface area contributed by atoms with Gasteiger partial charge in [-0.3, -0.25) is 4.90 Å². The minimum Gasteiger partial charge on any atom is -0.313 e. The minimum absolute atomic E-state index is 0.625. The van der Waals surface area contributed by atoms with Crippen LogP contribution in [0.25, 0.3) is 0 Å². The lowest BCUT2D eigenvalue weighted by Crippen LogP contribution is -2.37. The van der Waals surface area contributed by atoms with Gasteiger partial charge in [0.2, 0.25) is 0 Å². The summed E-state index contributed by atoms with van der Waals surface area (Å²) >= 11 is 0. The Bertz CT molecular complexity index is 383. The molecule has 0 amide bonds. The molecule has 0 bridgehead atoms. The lowest BCUT2D eigenvalue weighted by atomic mass is 10.0. The molecule has 0 aromatic heterocycles. The SMILES string of the molecule is CCCC1CN(Cc2ccc(C(C)C)cc2)CCCN1. The molecule has 1 aliphatic rings. The molecule has 1 aromatic rings. The smallest absolute Gasteiger partial charge is 0.0234 e. The van der Waals surface area contributed by atoms with Crippen LogP contribution in [-0.2, 0) is 6.54 Å². The molecule has 1 heterocycles. The van der Waals surface area contributed by atoms with Gasteiger partial charge in [0.15, 0.2) is 0 Å². The van der Waals surface area contributed by atoms with Gasteiger partial charge in [0.1, 0.15) is 0 Å². The first kappa shape index (κ1) is 15.5. The van der Waals surface area contributed by atoms with Gasteiger partial charge in [-0.05, 0) is 43.0 Å². The fourth-order valence-electron chi connectivity index (χ4n) is 3.03. The molecule has 1 saturated heterocycles. The van der Waals surface area contributed by atoms with Crippen LogP contribution in [0.5, 0.6) is 0 Å². The van der Waals surface area contributed by atoms with Crippen LogP contribution in [0.15, 0.2) is 24.3 Å². The van der Waals surface area contributed by atoms with Gasteiger partial charge in [-0.15, -0.1) is 0 Å². The van der Waals surface area contributed by atoms with Crippen molar-refractivity contribution in [3.05, 3.63) is 35.4 Å². The van der Waals surface area contributed by atoms with E-state index < -0.39 is 0 Å². The first-order chi connectivity index (χ1) is 9.69. The number of nitrogens with one attached hydrogen (secondary N) is 1. The number of hydrogen-bond acceptors (Lipinski definition) is 2. The van der Waals surface area contributed by atoms with Crippen molar-refractivity contribution in [1.29, 1.82) is 0 Å². The van der Waals surface area contributed by atoms with Crippen LogP contribution in [0, 0.1) is 0 Å². The molecule has 0 radical (unpaired) electrons. The summed E-state index contributed by atoms with van der Waals surface area (Å²) in [6, 6.07) is 9.88. The summed E-state index contributed by atoms with van der Waals surface area (Å²) in [7, 11) is 0. The van der Waals surface area contributed by atoms with Crippen molar-refractivity contribution in [1.82, 2.24) is 10.2 Å². The molecule has 1 aromatic carbocycles. The third-order valence-electron chi connectivity index (χ3n) is 4.25. The summed E-state index contributed by atoms with van der Waals surface area (Å²) in [6.07, 6.45) is 3.83. The van der Waals surface area contributed by atoms with Crippen LogP contribution >= 0.6 is 0 Å². The van der Waals surface area contributed by atoms with Gasteiger partial charge in [0.25, 0.3) is 0 Å². The van der Waals surface area contributed by atoms with Gasteiger partial charge in [0.05, 0.1) is 0 Å². The van der Waals surface area contributed by atoms with Crippen LogP contribution in [0.2, 0.25) is 0 Å². The third kappa shape index (κ3) is 4.60. The minimum atomic E-state index is 0.625.